The molecule has 2 heterocycles. The Hall–Kier alpha value is -2.95. The van der Waals surface area contributed by atoms with Crippen LogP contribution in [0.3, 0.4) is 0 Å². The monoisotopic (exact) mass is 293 g/mol. The van der Waals surface area contributed by atoms with Crippen LogP contribution in [0, 0.1) is 6.92 Å². The topological polar surface area (TPSA) is 55.4 Å². The van der Waals surface area contributed by atoms with Gasteiger partial charge in [0.2, 0.25) is 0 Å². The van der Waals surface area contributed by atoms with Crippen molar-refractivity contribution in [2.24, 2.45) is 10.2 Å². The van der Waals surface area contributed by atoms with E-state index in [9.17, 15) is 4.79 Å². The van der Waals surface area contributed by atoms with Gasteiger partial charge in [-0.15, -0.1) is 10.2 Å². The number of aryl methyl sites for hydroxylation is 1. The number of aromatic nitrogens is 1. The van der Waals surface area contributed by atoms with Crippen molar-refractivity contribution in [1.82, 2.24) is 4.40 Å². The molecule has 0 aliphatic rings. The SMILES string of the molecule is COC(=O)c1ccc(N=Nc2c(C)cc3ccccn23)cc1. The average molecular weight is 293 g/mol. The Morgan fingerprint density at radius 3 is 2.59 bits per heavy atom. The summed E-state index contributed by atoms with van der Waals surface area (Å²) < 4.78 is 6.65. The molecule has 3 rings (SSSR count). The number of carbonyl (C=O) groups excluding carboxylic acids is 1. The molecule has 0 fully saturated rings. The van der Waals surface area contributed by atoms with Crippen molar-refractivity contribution >= 4 is 23.0 Å². The number of methoxy groups -OCH3 is 1. The molecule has 1 aromatic carbocycles. The lowest BCUT2D eigenvalue weighted by molar-refractivity contribution is 0.0601. The van der Waals surface area contributed by atoms with Crippen LogP contribution >= 0.6 is 0 Å². The van der Waals surface area contributed by atoms with Gasteiger partial charge >= 0.3 is 5.97 Å². The predicted molar refractivity (Wildman–Crippen MR) is 84.1 cm³/mol. The molecule has 0 atom stereocenters. The quantitative estimate of drug-likeness (QED) is 0.529. The lowest BCUT2D eigenvalue weighted by Gasteiger charge is -1.99. The van der Waals surface area contributed by atoms with Crippen LogP contribution in [0.25, 0.3) is 5.52 Å². The summed E-state index contributed by atoms with van der Waals surface area (Å²) in [5.74, 6) is 0.435. The summed E-state index contributed by atoms with van der Waals surface area (Å²) in [5.41, 5.74) is 3.31. The number of carbonyl (C=O) groups is 1. The van der Waals surface area contributed by atoms with E-state index in [1.807, 2.05) is 35.7 Å². The zero-order valence-corrected chi connectivity index (χ0v) is 12.4. The number of rotatable bonds is 3. The highest BCUT2D eigenvalue weighted by Crippen LogP contribution is 2.26. The fourth-order valence-corrected chi connectivity index (χ4v) is 2.26. The van der Waals surface area contributed by atoms with E-state index in [0.29, 0.717) is 11.3 Å². The van der Waals surface area contributed by atoms with Gasteiger partial charge in [0.15, 0.2) is 5.82 Å². The van der Waals surface area contributed by atoms with Crippen LogP contribution in [0.5, 0.6) is 0 Å². The summed E-state index contributed by atoms with van der Waals surface area (Å²) in [6.45, 7) is 2.00. The maximum absolute atomic E-state index is 11.4. The van der Waals surface area contributed by atoms with Crippen molar-refractivity contribution in [1.29, 1.82) is 0 Å². The van der Waals surface area contributed by atoms with Crippen LogP contribution in [0.4, 0.5) is 11.5 Å². The minimum atomic E-state index is -0.364. The van der Waals surface area contributed by atoms with Crippen LogP contribution in [-0.4, -0.2) is 17.5 Å². The second kappa shape index (κ2) is 5.81. The smallest absolute Gasteiger partial charge is 0.337 e. The van der Waals surface area contributed by atoms with Crippen LogP contribution in [-0.2, 0) is 4.74 Å². The Balaban J connectivity index is 1.90. The van der Waals surface area contributed by atoms with Gasteiger partial charge in [0, 0.05) is 11.7 Å². The molecular weight excluding hydrogens is 278 g/mol. The van der Waals surface area contributed by atoms with Crippen molar-refractivity contribution in [2.45, 2.75) is 6.92 Å². The van der Waals surface area contributed by atoms with E-state index < -0.39 is 0 Å². The molecule has 0 amide bonds. The second-order valence-corrected chi connectivity index (χ2v) is 4.88. The van der Waals surface area contributed by atoms with Crippen LogP contribution < -0.4 is 0 Å². The molecule has 5 heteroatoms. The molecule has 0 saturated heterocycles. The first-order chi connectivity index (χ1) is 10.7. The first kappa shape index (κ1) is 14.0. The van der Waals surface area contributed by atoms with Gasteiger partial charge < -0.3 is 9.14 Å². The third kappa shape index (κ3) is 2.61. The van der Waals surface area contributed by atoms with E-state index in [2.05, 4.69) is 21.0 Å². The Kier molecular flexibility index (Phi) is 3.70. The summed E-state index contributed by atoms with van der Waals surface area (Å²) in [6.07, 6.45) is 1.96. The molecule has 110 valence electrons. The van der Waals surface area contributed by atoms with Crippen molar-refractivity contribution < 1.29 is 9.53 Å². The molecule has 0 aliphatic carbocycles. The minimum absolute atomic E-state index is 0.364. The number of fused-ring (bicyclic) bond motifs is 1. The lowest BCUT2D eigenvalue weighted by Crippen LogP contribution is -1.99. The number of azo groups is 1. The molecule has 0 N–H and O–H groups in total. The van der Waals surface area contributed by atoms with Gasteiger partial charge in [-0.3, -0.25) is 0 Å². The molecule has 0 bridgehead atoms. The van der Waals surface area contributed by atoms with E-state index in [1.165, 1.54) is 7.11 Å². The van der Waals surface area contributed by atoms with Gasteiger partial charge in [0.05, 0.1) is 18.4 Å². The summed E-state index contributed by atoms with van der Waals surface area (Å²) in [4.78, 5) is 11.4. The third-order valence-corrected chi connectivity index (χ3v) is 3.39. The Labute approximate surface area is 127 Å². The van der Waals surface area contributed by atoms with E-state index in [4.69, 9.17) is 0 Å². The number of pyridine rings is 1. The van der Waals surface area contributed by atoms with E-state index in [-0.39, 0.29) is 5.97 Å². The molecule has 2 aromatic heterocycles. The number of esters is 1. The highest BCUT2D eigenvalue weighted by atomic mass is 16.5. The molecule has 0 unspecified atom stereocenters. The summed E-state index contributed by atoms with van der Waals surface area (Å²) in [6, 6.07) is 14.8. The molecular formula is C17H15N3O2. The fourth-order valence-electron chi connectivity index (χ4n) is 2.26. The first-order valence-electron chi connectivity index (χ1n) is 6.86. The molecule has 5 nitrogen and oxygen atoms in total. The number of hydrogen-bond acceptors (Lipinski definition) is 4. The van der Waals surface area contributed by atoms with Gasteiger partial charge in [0.25, 0.3) is 0 Å². The lowest BCUT2D eigenvalue weighted by atomic mass is 10.2. The van der Waals surface area contributed by atoms with Gasteiger partial charge in [-0.05, 0) is 55.0 Å². The summed E-state index contributed by atoms with van der Waals surface area (Å²) in [7, 11) is 1.36. The normalized spacial score (nSPS) is 11.2. The van der Waals surface area contributed by atoms with E-state index in [1.54, 1.807) is 24.3 Å². The van der Waals surface area contributed by atoms with Crippen LogP contribution in [0.2, 0.25) is 0 Å². The van der Waals surface area contributed by atoms with E-state index >= 15 is 0 Å². The Bertz CT molecular complexity index is 848. The molecule has 3 aromatic rings. The molecule has 0 radical (unpaired) electrons. The highest BCUT2D eigenvalue weighted by Gasteiger charge is 2.06. The number of ether oxygens (including phenoxy) is 1. The Morgan fingerprint density at radius 2 is 1.86 bits per heavy atom. The van der Waals surface area contributed by atoms with Crippen LogP contribution in [0.15, 0.2) is 65.0 Å². The van der Waals surface area contributed by atoms with Gasteiger partial charge in [-0.1, -0.05) is 6.07 Å². The van der Waals surface area contributed by atoms with Crippen molar-refractivity contribution in [3.63, 3.8) is 0 Å². The summed E-state index contributed by atoms with van der Waals surface area (Å²) in [5, 5.41) is 8.57. The Morgan fingerprint density at radius 1 is 1.09 bits per heavy atom. The number of hydrogen-bond donors (Lipinski definition) is 0. The molecule has 22 heavy (non-hydrogen) atoms. The second-order valence-electron chi connectivity index (χ2n) is 4.88. The standard InChI is InChI=1S/C17H15N3O2/c1-12-11-15-5-3-4-10-20(15)16(12)19-18-14-8-6-13(7-9-14)17(21)22-2/h3-11H,1-2H3. The molecule has 0 saturated carbocycles. The zero-order valence-electron chi connectivity index (χ0n) is 12.4. The maximum Gasteiger partial charge on any atom is 0.337 e. The van der Waals surface area contributed by atoms with Gasteiger partial charge in [0.1, 0.15) is 0 Å². The van der Waals surface area contributed by atoms with Crippen molar-refractivity contribution in [3.05, 3.63) is 65.9 Å². The van der Waals surface area contributed by atoms with Gasteiger partial charge in [-0.25, -0.2) is 4.79 Å². The largest absolute Gasteiger partial charge is 0.465 e. The number of benzene rings is 1. The first-order valence-corrected chi connectivity index (χ1v) is 6.86. The third-order valence-electron chi connectivity index (χ3n) is 3.39. The summed E-state index contributed by atoms with van der Waals surface area (Å²) >= 11 is 0. The minimum Gasteiger partial charge on any atom is -0.465 e. The maximum atomic E-state index is 11.4. The average Bonchev–Trinajstić information content (AvgIpc) is 2.88. The highest BCUT2D eigenvalue weighted by molar-refractivity contribution is 5.89. The van der Waals surface area contributed by atoms with Crippen molar-refractivity contribution in [3.8, 4) is 0 Å². The van der Waals surface area contributed by atoms with Gasteiger partial charge in [-0.2, -0.15) is 0 Å². The predicted octanol–water partition coefficient (Wildman–Crippen LogP) is 4.45. The molecule has 0 aliphatic heterocycles. The van der Waals surface area contributed by atoms with E-state index in [0.717, 1.165) is 16.9 Å². The number of nitrogens with zero attached hydrogens (tertiary/aromatic N) is 3. The van der Waals surface area contributed by atoms with Crippen molar-refractivity contribution in [2.75, 3.05) is 7.11 Å². The molecule has 0 spiro atoms. The zero-order chi connectivity index (χ0) is 15.5. The van der Waals surface area contributed by atoms with Crippen LogP contribution in [0.1, 0.15) is 15.9 Å². The fraction of sp³-hybridized carbons (Fsp3) is 0.118.